The highest BCUT2D eigenvalue weighted by atomic mass is 32.1. The van der Waals surface area contributed by atoms with Crippen molar-refractivity contribution in [3.8, 4) is 11.4 Å². The molecule has 3 aromatic heterocycles. The van der Waals surface area contributed by atoms with Crippen LogP contribution in [-0.4, -0.2) is 27.5 Å². The van der Waals surface area contributed by atoms with Crippen molar-refractivity contribution >= 4 is 39.0 Å². The molecule has 0 saturated heterocycles. The molecule has 0 aliphatic heterocycles. The summed E-state index contributed by atoms with van der Waals surface area (Å²) in [5.74, 6) is 0.211. The summed E-state index contributed by atoms with van der Waals surface area (Å²) in [6.07, 6.45) is 3.44. The maximum atomic E-state index is 12.1. The van der Waals surface area contributed by atoms with Gasteiger partial charge < -0.3 is 10.1 Å². The summed E-state index contributed by atoms with van der Waals surface area (Å²) in [6.45, 7) is 4.11. The van der Waals surface area contributed by atoms with E-state index in [9.17, 15) is 4.79 Å². The van der Waals surface area contributed by atoms with Crippen LogP contribution < -0.4 is 5.32 Å². The van der Waals surface area contributed by atoms with Gasteiger partial charge in [0.15, 0.2) is 0 Å². The Kier molecular flexibility index (Phi) is 4.99. The van der Waals surface area contributed by atoms with Gasteiger partial charge in [0.25, 0.3) is 0 Å². The van der Waals surface area contributed by atoms with Crippen LogP contribution in [0.1, 0.15) is 22.2 Å². The molecule has 0 fully saturated rings. The van der Waals surface area contributed by atoms with Crippen LogP contribution >= 0.6 is 11.3 Å². The predicted molar refractivity (Wildman–Crippen MR) is 111 cm³/mol. The van der Waals surface area contributed by atoms with Gasteiger partial charge in [0.2, 0.25) is 5.95 Å². The first-order valence-electron chi connectivity index (χ1n) is 8.87. The van der Waals surface area contributed by atoms with Gasteiger partial charge in [0.1, 0.15) is 4.88 Å². The number of hydrogen-bond acceptors (Lipinski definition) is 7. The van der Waals surface area contributed by atoms with Crippen molar-refractivity contribution < 1.29 is 9.53 Å². The number of ether oxygens (including phenoxy) is 1. The maximum absolute atomic E-state index is 12.1. The SMILES string of the molecule is CCOC(=O)c1sc2ccc(Nc3nccc(-c4ccccn4)n3)cc2c1C. The van der Waals surface area contributed by atoms with Crippen molar-refractivity contribution in [1.82, 2.24) is 15.0 Å². The Morgan fingerprint density at radius 2 is 2.00 bits per heavy atom. The molecule has 4 rings (SSSR count). The smallest absolute Gasteiger partial charge is 0.348 e. The first kappa shape index (κ1) is 18.1. The van der Waals surface area contributed by atoms with Gasteiger partial charge in [-0.2, -0.15) is 0 Å². The molecule has 0 aliphatic carbocycles. The zero-order valence-corrected chi connectivity index (χ0v) is 16.3. The van der Waals surface area contributed by atoms with Crippen molar-refractivity contribution in [2.45, 2.75) is 13.8 Å². The van der Waals surface area contributed by atoms with Crippen LogP contribution in [0, 0.1) is 6.92 Å². The van der Waals surface area contributed by atoms with Crippen LogP contribution in [0.4, 0.5) is 11.6 Å². The van der Waals surface area contributed by atoms with Crippen molar-refractivity contribution in [3.63, 3.8) is 0 Å². The summed E-state index contributed by atoms with van der Waals surface area (Å²) in [5.41, 5.74) is 3.30. The van der Waals surface area contributed by atoms with Crippen molar-refractivity contribution in [2.75, 3.05) is 11.9 Å². The Bertz CT molecular complexity index is 1140. The molecule has 6 nitrogen and oxygen atoms in total. The summed E-state index contributed by atoms with van der Waals surface area (Å²) in [5, 5.41) is 4.25. The number of hydrogen-bond donors (Lipinski definition) is 1. The molecule has 1 N–H and O–H groups in total. The minimum absolute atomic E-state index is 0.276. The number of carbonyl (C=O) groups is 1. The quantitative estimate of drug-likeness (QED) is 0.484. The van der Waals surface area contributed by atoms with Crippen molar-refractivity contribution in [3.05, 3.63) is 65.3 Å². The Balaban J connectivity index is 1.64. The molecule has 140 valence electrons. The van der Waals surface area contributed by atoms with Gasteiger partial charge in [-0.3, -0.25) is 4.98 Å². The highest BCUT2D eigenvalue weighted by molar-refractivity contribution is 7.21. The fourth-order valence-electron chi connectivity index (χ4n) is 2.89. The van der Waals surface area contributed by atoms with E-state index in [2.05, 4.69) is 20.3 Å². The van der Waals surface area contributed by atoms with E-state index in [1.54, 1.807) is 12.4 Å². The lowest BCUT2D eigenvalue weighted by Crippen LogP contribution is -2.03. The average molecular weight is 390 g/mol. The maximum Gasteiger partial charge on any atom is 0.348 e. The number of rotatable bonds is 5. The Labute approximate surface area is 166 Å². The number of esters is 1. The molecule has 0 atom stereocenters. The monoisotopic (exact) mass is 390 g/mol. The summed E-state index contributed by atoms with van der Waals surface area (Å²) >= 11 is 1.44. The third-order valence-electron chi connectivity index (χ3n) is 4.24. The van der Waals surface area contributed by atoms with E-state index < -0.39 is 0 Å². The van der Waals surface area contributed by atoms with Gasteiger partial charge in [0.05, 0.1) is 18.0 Å². The second-order valence-electron chi connectivity index (χ2n) is 6.09. The molecule has 3 heterocycles. The van der Waals surface area contributed by atoms with Gasteiger partial charge in [-0.15, -0.1) is 11.3 Å². The topological polar surface area (TPSA) is 77.0 Å². The van der Waals surface area contributed by atoms with Gasteiger partial charge in [-0.25, -0.2) is 14.8 Å². The summed E-state index contributed by atoms with van der Waals surface area (Å²) in [6, 6.07) is 13.5. The van der Waals surface area contributed by atoms with E-state index in [1.165, 1.54) is 11.3 Å². The number of nitrogens with one attached hydrogen (secondary N) is 1. The number of fused-ring (bicyclic) bond motifs is 1. The van der Waals surface area contributed by atoms with Gasteiger partial charge >= 0.3 is 5.97 Å². The number of carbonyl (C=O) groups excluding carboxylic acids is 1. The normalized spacial score (nSPS) is 10.8. The third-order valence-corrected chi connectivity index (χ3v) is 5.49. The Morgan fingerprint density at radius 3 is 2.79 bits per heavy atom. The number of aromatic nitrogens is 3. The lowest BCUT2D eigenvalue weighted by atomic mass is 10.1. The van der Waals surface area contributed by atoms with Crippen LogP contribution in [0.2, 0.25) is 0 Å². The lowest BCUT2D eigenvalue weighted by Gasteiger charge is -2.07. The van der Waals surface area contributed by atoms with Gasteiger partial charge in [-0.05, 0) is 61.2 Å². The fraction of sp³-hybridized carbons (Fsp3) is 0.143. The van der Waals surface area contributed by atoms with Crippen molar-refractivity contribution in [2.24, 2.45) is 0 Å². The van der Waals surface area contributed by atoms with Crippen LogP contribution in [-0.2, 0) is 4.74 Å². The van der Waals surface area contributed by atoms with Crippen molar-refractivity contribution in [1.29, 1.82) is 0 Å². The van der Waals surface area contributed by atoms with E-state index in [1.807, 2.05) is 56.3 Å². The molecule has 1 aromatic carbocycles. The number of anilines is 2. The number of aryl methyl sites for hydroxylation is 1. The molecule has 7 heteroatoms. The molecule has 4 aromatic rings. The minimum Gasteiger partial charge on any atom is -0.462 e. The zero-order valence-electron chi connectivity index (χ0n) is 15.5. The molecule has 0 amide bonds. The molecule has 0 spiro atoms. The van der Waals surface area contributed by atoms with Crippen LogP contribution in [0.5, 0.6) is 0 Å². The summed E-state index contributed by atoms with van der Waals surface area (Å²) in [7, 11) is 0. The van der Waals surface area contributed by atoms with E-state index in [-0.39, 0.29) is 5.97 Å². The van der Waals surface area contributed by atoms with Crippen LogP contribution in [0.25, 0.3) is 21.5 Å². The standard InChI is InChI=1S/C21H18N4O2S/c1-3-27-20(26)19-13(2)15-12-14(7-8-18(15)28-19)24-21-23-11-9-17(25-21)16-6-4-5-10-22-16/h4-12H,3H2,1-2H3,(H,23,24,25). The molecule has 0 bridgehead atoms. The Hall–Kier alpha value is -3.32. The fourth-order valence-corrected chi connectivity index (χ4v) is 3.98. The second-order valence-corrected chi connectivity index (χ2v) is 7.15. The second kappa shape index (κ2) is 7.74. The highest BCUT2D eigenvalue weighted by Gasteiger charge is 2.16. The molecular formula is C21H18N4O2S. The number of benzene rings is 1. The van der Waals surface area contributed by atoms with Crippen LogP contribution in [0.15, 0.2) is 54.9 Å². The third kappa shape index (κ3) is 3.57. The molecule has 0 unspecified atom stereocenters. The molecule has 0 radical (unpaired) electrons. The summed E-state index contributed by atoms with van der Waals surface area (Å²) < 4.78 is 6.19. The predicted octanol–water partition coefficient (Wildman–Crippen LogP) is 4.98. The lowest BCUT2D eigenvalue weighted by molar-refractivity contribution is 0.0531. The summed E-state index contributed by atoms with van der Waals surface area (Å²) in [4.78, 5) is 25.9. The average Bonchev–Trinajstić information content (AvgIpc) is 3.05. The first-order chi connectivity index (χ1) is 13.7. The van der Waals surface area contributed by atoms with E-state index >= 15 is 0 Å². The number of pyridine rings is 1. The highest BCUT2D eigenvalue weighted by Crippen LogP contribution is 2.33. The molecule has 28 heavy (non-hydrogen) atoms. The molecule has 0 saturated carbocycles. The molecule has 0 aliphatic rings. The largest absolute Gasteiger partial charge is 0.462 e. The first-order valence-corrected chi connectivity index (χ1v) is 9.69. The van der Waals surface area contributed by atoms with E-state index in [4.69, 9.17) is 4.74 Å². The zero-order chi connectivity index (χ0) is 19.5. The van der Waals surface area contributed by atoms with Gasteiger partial charge in [-0.1, -0.05) is 6.07 Å². The minimum atomic E-state index is -0.276. The van der Waals surface area contributed by atoms with Crippen LogP contribution in [0.3, 0.4) is 0 Å². The molecular weight excluding hydrogens is 372 g/mol. The van der Waals surface area contributed by atoms with Gasteiger partial charge in [0, 0.05) is 22.8 Å². The number of nitrogens with zero attached hydrogens (tertiary/aromatic N) is 3. The number of thiophene rings is 1. The van der Waals surface area contributed by atoms with E-state index in [0.717, 1.165) is 32.7 Å². The Morgan fingerprint density at radius 1 is 1.11 bits per heavy atom. The van der Waals surface area contributed by atoms with E-state index in [0.29, 0.717) is 17.4 Å².